The molecule has 45 heavy (non-hydrogen) atoms. The van der Waals surface area contributed by atoms with Crippen LogP contribution in [-0.2, 0) is 15.8 Å². The molecule has 0 radical (unpaired) electrons. The fraction of sp³-hybridized carbons (Fsp3) is 0.167. The fourth-order valence-corrected chi connectivity index (χ4v) is 5.19. The topological polar surface area (TPSA) is 80.6 Å². The van der Waals surface area contributed by atoms with Gasteiger partial charge in [-0.3, -0.25) is 9.59 Å². The minimum atomic E-state index is -4.42. The van der Waals surface area contributed by atoms with Crippen LogP contribution in [0, 0.1) is 0 Å². The molecule has 1 atom stereocenters. The van der Waals surface area contributed by atoms with Crippen LogP contribution < -0.4 is 10.1 Å². The van der Waals surface area contributed by atoms with E-state index in [9.17, 15) is 22.8 Å². The molecule has 2 N–H and O–H groups in total. The molecule has 4 aromatic carbocycles. The maximum atomic E-state index is 13.3. The maximum absolute atomic E-state index is 13.3. The number of rotatable bonds is 11. The van der Waals surface area contributed by atoms with Gasteiger partial charge in [0.25, 0.3) is 0 Å². The third-order valence-electron chi connectivity index (χ3n) is 7.41. The molecule has 1 heterocycles. The van der Waals surface area contributed by atoms with Crippen molar-refractivity contribution in [1.29, 1.82) is 0 Å². The zero-order valence-electron chi connectivity index (χ0n) is 24.4. The van der Waals surface area contributed by atoms with Gasteiger partial charge in [0.2, 0.25) is 5.91 Å². The number of alkyl halides is 3. The highest BCUT2D eigenvalue weighted by Gasteiger charge is 2.30. The average Bonchev–Trinajstić information content (AvgIpc) is 3.43. The molecule has 1 aromatic heterocycles. The molecule has 1 unspecified atom stereocenters. The minimum Gasteiger partial charge on any atom is -0.491 e. The van der Waals surface area contributed by atoms with Crippen molar-refractivity contribution < 1.29 is 32.6 Å². The van der Waals surface area contributed by atoms with Gasteiger partial charge in [0, 0.05) is 29.6 Å². The number of aliphatic carboxylic acids is 1. The van der Waals surface area contributed by atoms with Crippen molar-refractivity contribution in [2.75, 3.05) is 11.9 Å². The molecule has 5 aromatic rings. The number of allylic oxidation sites excluding steroid dienone is 1. The Morgan fingerprint density at radius 2 is 1.60 bits per heavy atom. The molecule has 1 amide bonds. The van der Waals surface area contributed by atoms with Crippen LogP contribution in [0.3, 0.4) is 0 Å². The zero-order valence-corrected chi connectivity index (χ0v) is 24.4. The van der Waals surface area contributed by atoms with Crippen LogP contribution in [0.5, 0.6) is 5.75 Å². The van der Waals surface area contributed by atoms with Crippen LogP contribution in [0.15, 0.2) is 115 Å². The molecule has 0 aliphatic heterocycles. The summed E-state index contributed by atoms with van der Waals surface area (Å²) in [4.78, 5) is 23.7. The largest absolute Gasteiger partial charge is 0.491 e. The second-order valence-corrected chi connectivity index (χ2v) is 10.6. The second-order valence-electron chi connectivity index (χ2n) is 10.6. The Hall–Kier alpha value is -5.31. The molecule has 0 fully saturated rings. The third kappa shape index (κ3) is 7.62. The Morgan fingerprint density at radius 1 is 0.911 bits per heavy atom. The van der Waals surface area contributed by atoms with Gasteiger partial charge in [0.15, 0.2) is 0 Å². The van der Waals surface area contributed by atoms with Crippen molar-refractivity contribution in [3.63, 3.8) is 0 Å². The number of hydrogen-bond acceptors (Lipinski definition) is 3. The first kappa shape index (κ1) is 31.1. The van der Waals surface area contributed by atoms with Crippen molar-refractivity contribution in [3.8, 4) is 5.75 Å². The number of carbonyl (C=O) groups is 2. The number of carboxylic acids is 1. The van der Waals surface area contributed by atoms with Gasteiger partial charge in [0.1, 0.15) is 5.75 Å². The molecule has 0 spiro atoms. The van der Waals surface area contributed by atoms with Crippen LogP contribution in [0.25, 0.3) is 16.5 Å². The highest BCUT2D eigenvalue weighted by molar-refractivity contribution is 6.05. The van der Waals surface area contributed by atoms with E-state index in [4.69, 9.17) is 9.84 Å². The summed E-state index contributed by atoms with van der Waals surface area (Å²) < 4.78 is 47.5. The van der Waals surface area contributed by atoms with Gasteiger partial charge in [0.05, 0.1) is 23.9 Å². The van der Waals surface area contributed by atoms with E-state index in [0.717, 1.165) is 45.3 Å². The predicted molar refractivity (Wildman–Crippen MR) is 168 cm³/mol. The highest BCUT2D eigenvalue weighted by Crippen LogP contribution is 2.35. The zero-order chi connectivity index (χ0) is 32.0. The number of nitrogens with one attached hydrogen (secondary N) is 1. The Bertz CT molecular complexity index is 1830. The summed E-state index contributed by atoms with van der Waals surface area (Å²) in [6.07, 6.45) is -0.666. The van der Waals surface area contributed by atoms with Crippen LogP contribution in [-0.4, -0.2) is 28.2 Å². The van der Waals surface area contributed by atoms with Crippen molar-refractivity contribution >= 4 is 34.0 Å². The second kappa shape index (κ2) is 13.5. The Balaban J connectivity index is 1.38. The number of hydrogen-bond donors (Lipinski definition) is 2. The number of halogens is 3. The van der Waals surface area contributed by atoms with Crippen LogP contribution in [0.4, 0.5) is 18.9 Å². The molecule has 230 valence electrons. The lowest BCUT2D eigenvalue weighted by molar-refractivity contribution is -0.138. The number of carbonyl (C=O) groups excluding carboxylic acids is 1. The number of ether oxygens (including phenoxy) is 1. The first-order valence-electron chi connectivity index (χ1n) is 14.4. The predicted octanol–water partition coefficient (Wildman–Crippen LogP) is 8.58. The van der Waals surface area contributed by atoms with Crippen LogP contribution in [0.2, 0.25) is 0 Å². The molecule has 0 bridgehead atoms. The smallest absolute Gasteiger partial charge is 0.416 e. The lowest BCUT2D eigenvalue weighted by atomic mass is 9.97. The van der Waals surface area contributed by atoms with E-state index in [1.807, 2.05) is 72.3 Å². The normalized spacial score (nSPS) is 12.6. The van der Waals surface area contributed by atoms with Gasteiger partial charge < -0.3 is 19.7 Å². The van der Waals surface area contributed by atoms with E-state index in [-0.39, 0.29) is 25.0 Å². The number of nitrogens with zero attached hydrogens (tertiary/aromatic N) is 1. The summed E-state index contributed by atoms with van der Waals surface area (Å²) in [5, 5.41) is 12.6. The summed E-state index contributed by atoms with van der Waals surface area (Å²) >= 11 is 0. The molecule has 0 saturated carbocycles. The Labute approximate surface area is 258 Å². The number of para-hydroxylation sites is 2. The van der Waals surface area contributed by atoms with E-state index in [2.05, 4.69) is 5.32 Å². The van der Waals surface area contributed by atoms with Gasteiger partial charge in [-0.1, -0.05) is 60.7 Å². The minimum absolute atomic E-state index is 0.00779. The molecule has 0 aliphatic carbocycles. The summed E-state index contributed by atoms with van der Waals surface area (Å²) in [6.45, 7) is 2.04. The van der Waals surface area contributed by atoms with Crippen molar-refractivity contribution in [2.45, 2.75) is 32.0 Å². The van der Waals surface area contributed by atoms with E-state index < -0.39 is 17.7 Å². The standard InChI is InChI=1S/C36H31F3N2O4/c1-24(22-33(42)40-30-10-5-6-11-32(30)45-21-7-12-34(43)44)27-15-18-31-28(23-27)19-20-41(31)35(25-8-3-2-4-9-25)26-13-16-29(17-14-26)36(37,38)39/h2-6,8-11,13-20,22-23,35H,7,12,21H2,1H3,(H,40,42)(H,43,44)/b24-22+. The molecule has 5 rings (SSSR count). The number of carboxylic acid groups (broad SMARTS) is 1. The lowest BCUT2D eigenvalue weighted by Crippen LogP contribution is -2.12. The quantitative estimate of drug-likeness (QED) is 0.116. The summed E-state index contributed by atoms with van der Waals surface area (Å²) in [7, 11) is 0. The highest BCUT2D eigenvalue weighted by atomic mass is 19.4. The van der Waals surface area contributed by atoms with Crippen molar-refractivity contribution in [1.82, 2.24) is 4.57 Å². The third-order valence-corrected chi connectivity index (χ3v) is 7.41. The van der Waals surface area contributed by atoms with E-state index >= 15 is 0 Å². The number of amides is 1. The molecule has 9 heteroatoms. The van der Waals surface area contributed by atoms with Crippen LogP contribution >= 0.6 is 0 Å². The van der Waals surface area contributed by atoms with Gasteiger partial charge in [-0.05, 0) is 78.1 Å². The van der Waals surface area contributed by atoms with E-state index in [0.29, 0.717) is 17.9 Å². The van der Waals surface area contributed by atoms with Crippen molar-refractivity contribution in [3.05, 3.63) is 138 Å². The fourth-order valence-electron chi connectivity index (χ4n) is 5.19. The van der Waals surface area contributed by atoms with E-state index in [1.54, 1.807) is 24.3 Å². The van der Waals surface area contributed by atoms with Gasteiger partial charge in [-0.2, -0.15) is 13.2 Å². The SMILES string of the molecule is C/C(=C\C(=O)Nc1ccccc1OCCCC(=O)O)c1ccc2c(ccn2C(c2ccccc2)c2ccc(C(F)(F)F)cc2)c1. The average molecular weight is 613 g/mol. The summed E-state index contributed by atoms with van der Waals surface area (Å²) in [5.74, 6) is -0.796. The first-order chi connectivity index (χ1) is 21.6. The van der Waals surface area contributed by atoms with E-state index in [1.165, 1.54) is 18.2 Å². The molecular weight excluding hydrogens is 581 g/mol. The number of fused-ring (bicyclic) bond motifs is 1. The van der Waals surface area contributed by atoms with Crippen molar-refractivity contribution in [2.24, 2.45) is 0 Å². The molecular formula is C36H31F3N2O4. The number of anilines is 1. The molecule has 6 nitrogen and oxygen atoms in total. The van der Waals surface area contributed by atoms with Gasteiger partial charge in [-0.15, -0.1) is 0 Å². The maximum Gasteiger partial charge on any atom is 0.416 e. The molecule has 0 aliphatic rings. The number of benzene rings is 4. The Kier molecular flexibility index (Phi) is 9.37. The lowest BCUT2D eigenvalue weighted by Gasteiger charge is -2.22. The number of aromatic nitrogens is 1. The summed E-state index contributed by atoms with van der Waals surface area (Å²) in [5.41, 5.74) is 3.87. The monoisotopic (exact) mass is 612 g/mol. The Morgan fingerprint density at radius 3 is 2.31 bits per heavy atom. The molecule has 0 saturated heterocycles. The summed E-state index contributed by atoms with van der Waals surface area (Å²) in [6, 6.07) is 29.2. The first-order valence-corrected chi connectivity index (χ1v) is 14.4. The van der Waals surface area contributed by atoms with Gasteiger partial charge in [-0.25, -0.2) is 0 Å². The van der Waals surface area contributed by atoms with Gasteiger partial charge >= 0.3 is 12.1 Å². The van der Waals surface area contributed by atoms with Crippen LogP contribution in [0.1, 0.15) is 48.1 Å².